The molecule has 0 aromatic heterocycles. The zero-order valence-electron chi connectivity index (χ0n) is 19.4. The number of aliphatic carboxylic acids is 1. The number of carbonyl (C=O) groups excluding carboxylic acids is 2. The molecule has 8 nitrogen and oxygen atoms in total. The van der Waals surface area contributed by atoms with Crippen molar-refractivity contribution in [3.05, 3.63) is 59.7 Å². The molecule has 2 aromatic carbocycles. The number of carboxylic acids is 1. The molecule has 0 radical (unpaired) electrons. The molecule has 0 aliphatic heterocycles. The molecule has 3 aliphatic rings. The topological polar surface area (TPSA) is 114 Å². The number of benzene rings is 2. The number of fused-ring (bicyclic) bond motifs is 3. The van der Waals surface area contributed by atoms with E-state index < -0.39 is 18.2 Å². The normalized spacial score (nSPS) is 21.6. The smallest absolute Gasteiger partial charge is 0.407 e. The van der Waals surface area contributed by atoms with Crippen LogP contribution in [0.4, 0.5) is 4.79 Å². The summed E-state index contributed by atoms with van der Waals surface area (Å²) in [5.41, 5.74) is 7.01. The van der Waals surface area contributed by atoms with Crippen LogP contribution in [0.2, 0.25) is 0 Å². The maximum Gasteiger partial charge on any atom is 0.407 e. The molecule has 3 atom stereocenters. The fourth-order valence-corrected chi connectivity index (χ4v) is 5.38. The van der Waals surface area contributed by atoms with E-state index >= 15 is 0 Å². The Morgan fingerprint density at radius 1 is 0.943 bits per heavy atom. The van der Waals surface area contributed by atoms with E-state index in [9.17, 15) is 19.5 Å². The largest absolute Gasteiger partial charge is 0.479 e. The Labute approximate surface area is 204 Å². The van der Waals surface area contributed by atoms with Gasteiger partial charge in [0.2, 0.25) is 5.91 Å². The summed E-state index contributed by atoms with van der Waals surface area (Å²) >= 11 is 0. The second-order valence-corrected chi connectivity index (χ2v) is 9.79. The molecular formula is C27H30N2O6. The van der Waals surface area contributed by atoms with Crippen molar-refractivity contribution in [1.29, 1.82) is 0 Å². The Morgan fingerprint density at radius 2 is 1.60 bits per heavy atom. The molecular weight excluding hydrogens is 448 g/mol. The van der Waals surface area contributed by atoms with Crippen molar-refractivity contribution in [2.24, 2.45) is 11.8 Å². The minimum Gasteiger partial charge on any atom is -0.479 e. The maximum absolute atomic E-state index is 12.5. The second-order valence-electron chi connectivity index (χ2n) is 9.79. The molecule has 2 fully saturated rings. The first-order valence-electron chi connectivity index (χ1n) is 12.3. The Morgan fingerprint density at radius 3 is 2.23 bits per heavy atom. The molecule has 2 saturated carbocycles. The van der Waals surface area contributed by atoms with Crippen molar-refractivity contribution in [2.45, 2.75) is 56.6 Å². The highest BCUT2D eigenvalue weighted by atomic mass is 16.7. The zero-order chi connectivity index (χ0) is 24.4. The SMILES string of the molecule is O=C(C[C@@H]1CC[C@H](NC(=O)OCC2c3ccccc3-c3ccccc32)C1)NOC(C(=O)O)C1CC1. The van der Waals surface area contributed by atoms with Crippen LogP contribution in [0, 0.1) is 11.8 Å². The van der Waals surface area contributed by atoms with Crippen molar-refractivity contribution in [2.75, 3.05) is 6.61 Å². The van der Waals surface area contributed by atoms with Gasteiger partial charge in [0.25, 0.3) is 0 Å². The van der Waals surface area contributed by atoms with Crippen LogP contribution in [0.1, 0.15) is 55.6 Å². The molecule has 0 saturated heterocycles. The van der Waals surface area contributed by atoms with Crippen LogP contribution >= 0.6 is 0 Å². The van der Waals surface area contributed by atoms with Crippen LogP contribution in [0.3, 0.4) is 0 Å². The third-order valence-electron chi connectivity index (χ3n) is 7.27. The maximum atomic E-state index is 12.5. The third-order valence-corrected chi connectivity index (χ3v) is 7.27. The number of carbonyl (C=O) groups is 3. The number of ether oxygens (including phenoxy) is 1. The minimum absolute atomic E-state index is 0.0124. The third kappa shape index (κ3) is 5.32. The molecule has 3 aliphatic carbocycles. The van der Waals surface area contributed by atoms with Crippen LogP contribution < -0.4 is 10.8 Å². The summed E-state index contributed by atoms with van der Waals surface area (Å²) < 4.78 is 5.63. The average molecular weight is 479 g/mol. The molecule has 5 rings (SSSR count). The lowest BCUT2D eigenvalue weighted by Crippen LogP contribution is -2.36. The van der Waals surface area contributed by atoms with Gasteiger partial charge in [-0.2, -0.15) is 0 Å². The lowest BCUT2D eigenvalue weighted by Gasteiger charge is -2.17. The van der Waals surface area contributed by atoms with Crippen molar-refractivity contribution >= 4 is 18.0 Å². The molecule has 2 aromatic rings. The summed E-state index contributed by atoms with van der Waals surface area (Å²) in [6.45, 7) is 0.265. The zero-order valence-corrected chi connectivity index (χ0v) is 19.4. The van der Waals surface area contributed by atoms with E-state index in [0.29, 0.717) is 6.42 Å². The van der Waals surface area contributed by atoms with Gasteiger partial charge in [0.05, 0.1) is 0 Å². The molecule has 0 spiro atoms. The number of hydroxylamine groups is 1. The van der Waals surface area contributed by atoms with Gasteiger partial charge in [-0.25, -0.2) is 15.1 Å². The van der Waals surface area contributed by atoms with Crippen molar-refractivity contribution < 1.29 is 29.1 Å². The van der Waals surface area contributed by atoms with Crippen LogP contribution in [-0.2, 0) is 19.2 Å². The fraction of sp³-hybridized carbons (Fsp3) is 0.444. The van der Waals surface area contributed by atoms with Crippen molar-refractivity contribution in [3.63, 3.8) is 0 Å². The molecule has 8 heteroatoms. The summed E-state index contributed by atoms with van der Waals surface area (Å²) in [6.07, 6.45) is 2.65. The molecule has 2 amide bonds. The van der Waals surface area contributed by atoms with Crippen molar-refractivity contribution in [1.82, 2.24) is 10.8 Å². The lowest BCUT2D eigenvalue weighted by atomic mass is 9.98. The molecule has 1 unspecified atom stereocenters. The van der Waals surface area contributed by atoms with E-state index in [4.69, 9.17) is 9.57 Å². The fourth-order valence-electron chi connectivity index (χ4n) is 5.38. The van der Waals surface area contributed by atoms with Gasteiger partial charge in [0.15, 0.2) is 6.10 Å². The van der Waals surface area contributed by atoms with Crippen LogP contribution in [-0.4, -0.2) is 41.8 Å². The first kappa shape index (κ1) is 23.4. The van der Waals surface area contributed by atoms with E-state index in [1.165, 1.54) is 22.3 Å². The van der Waals surface area contributed by atoms with Gasteiger partial charge in [-0.15, -0.1) is 0 Å². The monoisotopic (exact) mass is 478 g/mol. The summed E-state index contributed by atoms with van der Waals surface area (Å²) in [4.78, 5) is 41.1. The number of rotatable bonds is 9. The van der Waals surface area contributed by atoms with Gasteiger partial charge in [0.1, 0.15) is 6.61 Å². The van der Waals surface area contributed by atoms with E-state index in [1.807, 2.05) is 24.3 Å². The number of alkyl carbamates (subject to hydrolysis) is 1. The lowest BCUT2D eigenvalue weighted by molar-refractivity contribution is -0.162. The highest BCUT2D eigenvalue weighted by Crippen LogP contribution is 2.44. The van der Waals surface area contributed by atoms with Crippen LogP contribution in [0.5, 0.6) is 0 Å². The average Bonchev–Trinajstić information content (AvgIpc) is 3.50. The number of nitrogens with one attached hydrogen (secondary N) is 2. The van der Waals surface area contributed by atoms with E-state index in [-0.39, 0.29) is 42.7 Å². The summed E-state index contributed by atoms with van der Waals surface area (Å²) in [5.74, 6) is -1.30. The molecule has 3 N–H and O–H groups in total. The highest BCUT2D eigenvalue weighted by Gasteiger charge is 2.38. The van der Waals surface area contributed by atoms with Crippen LogP contribution in [0.15, 0.2) is 48.5 Å². The number of hydrogen-bond donors (Lipinski definition) is 3. The van der Waals surface area contributed by atoms with Gasteiger partial charge in [0, 0.05) is 18.4 Å². The molecule has 35 heavy (non-hydrogen) atoms. The standard InChI is InChI=1S/C27H30N2O6/c30-24(29-35-25(26(31)32)17-10-11-17)14-16-9-12-18(13-16)28-27(33)34-15-23-21-7-3-1-5-19(21)20-6-2-4-8-22(20)23/h1-8,16-18,23,25H,9-15H2,(H,28,33)(H,29,30)(H,31,32)/t16-,18+,25?/m1/s1. The van der Waals surface area contributed by atoms with Gasteiger partial charge >= 0.3 is 12.1 Å². The van der Waals surface area contributed by atoms with E-state index in [1.54, 1.807) is 0 Å². The summed E-state index contributed by atoms with van der Waals surface area (Å²) in [7, 11) is 0. The first-order chi connectivity index (χ1) is 17.0. The molecule has 0 heterocycles. The minimum atomic E-state index is -1.05. The van der Waals surface area contributed by atoms with Crippen molar-refractivity contribution in [3.8, 4) is 11.1 Å². The Hall–Kier alpha value is -3.39. The molecule has 0 bridgehead atoms. The Balaban J connectivity index is 1.07. The predicted octanol–water partition coefficient (Wildman–Crippen LogP) is 3.99. The Bertz CT molecular complexity index is 1070. The van der Waals surface area contributed by atoms with Crippen LogP contribution in [0.25, 0.3) is 11.1 Å². The van der Waals surface area contributed by atoms with Gasteiger partial charge < -0.3 is 15.2 Å². The highest BCUT2D eigenvalue weighted by molar-refractivity contribution is 5.79. The summed E-state index contributed by atoms with van der Waals surface area (Å²) in [6, 6.07) is 16.4. The second kappa shape index (κ2) is 10.1. The molecule has 184 valence electrons. The quantitative estimate of drug-likeness (QED) is 0.470. The van der Waals surface area contributed by atoms with E-state index in [2.05, 4.69) is 35.1 Å². The predicted molar refractivity (Wildman–Crippen MR) is 127 cm³/mol. The van der Waals surface area contributed by atoms with Gasteiger partial charge in [-0.3, -0.25) is 9.63 Å². The summed E-state index contributed by atoms with van der Waals surface area (Å²) in [5, 5.41) is 12.1. The first-order valence-corrected chi connectivity index (χ1v) is 12.3. The Kier molecular flexibility index (Phi) is 6.72. The van der Waals surface area contributed by atoms with E-state index in [0.717, 1.165) is 25.7 Å². The van der Waals surface area contributed by atoms with Gasteiger partial charge in [-0.1, -0.05) is 48.5 Å². The number of hydrogen-bond acceptors (Lipinski definition) is 5. The number of carboxylic acid groups (broad SMARTS) is 1. The van der Waals surface area contributed by atoms with Gasteiger partial charge in [-0.05, 0) is 66.2 Å². The number of amides is 2.